The maximum atomic E-state index is 12.3. The van der Waals surface area contributed by atoms with Crippen molar-refractivity contribution in [2.24, 2.45) is 0 Å². The summed E-state index contributed by atoms with van der Waals surface area (Å²) in [5, 5.41) is 6.52. The van der Waals surface area contributed by atoms with Crippen LogP contribution in [0.25, 0.3) is 0 Å². The Kier molecular flexibility index (Phi) is 5.18. The van der Waals surface area contributed by atoms with E-state index in [0.29, 0.717) is 6.42 Å². The molecule has 1 aromatic carbocycles. The Morgan fingerprint density at radius 3 is 2.45 bits per heavy atom. The van der Waals surface area contributed by atoms with Crippen molar-refractivity contribution in [1.29, 1.82) is 0 Å². The number of nitrogens with one attached hydrogen (secondary N) is 2. The van der Waals surface area contributed by atoms with Crippen molar-refractivity contribution in [3.05, 3.63) is 35.9 Å². The molecule has 2 N–H and O–H groups in total. The van der Waals surface area contributed by atoms with Crippen molar-refractivity contribution in [3.8, 4) is 0 Å². The zero-order valence-electron chi connectivity index (χ0n) is 12.6. The second-order valence-corrected chi connectivity index (χ2v) is 5.97. The number of benzene rings is 1. The fourth-order valence-corrected chi connectivity index (χ4v) is 3.17. The van der Waals surface area contributed by atoms with Gasteiger partial charge in [-0.1, -0.05) is 49.6 Å². The number of amides is 1. The second kappa shape index (κ2) is 6.89. The summed E-state index contributed by atoms with van der Waals surface area (Å²) in [5.41, 5.74) is 1.17. The zero-order valence-corrected chi connectivity index (χ0v) is 12.6. The van der Waals surface area contributed by atoms with Crippen LogP contribution in [0, 0.1) is 0 Å². The molecule has 20 heavy (non-hydrogen) atoms. The molecule has 1 atom stereocenters. The van der Waals surface area contributed by atoms with Crippen molar-refractivity contribution in [1.82, 2.24) is 10.6 Å². The minimum atomic E-state index is 0.0126. The number of hydrogen-bond acceptors (Lipinski definition) is 2. The number of rotatable bonds is 5. The van der Waals surface area contributed by atoms with Gasteiger partial charge in [-0.15, -0.1) is 0 Å². The SMILES string of the molecule is CNC1(CC(=O)N[C@H](C)c2ccccc2)CCCCC1. The molecule has 1 amide bonds. The van der Waals surface area contributed by atoms with E-state index in [0.717, 1.165) is 18.4 Å². The molecule has 0 radical (unpaired) electrons. The van der Waals surface area contributed by atoms with Crippen LogP contribution in [0.1, 0.15) is 57.1 Å². The lowest BCUT2D eigenvalue weighted by atomic mass is 9.79. The van der Waals surface area contributed by atoms with Crippen molar-refractivity contribution in [3.63, 3.8) is 0 Å². The van der Waals surface area contributed by atoms with Crippen LogP contribution in [-0.2, 0) is 4.79 Å². The van der Waals surface area contributed by atoms with Crippen molar-refractivity contribution >= 4 is 5.91 Å². The molecule has 1 aliphatic carbocycles. The number of carbonyl (C=O) groups is 1. The molecule has 110 valence electrons. The predicted molar refractivity (Wildman–Crippen MR) is 82.5 cm³/mol. The largest absolute Gasteiger partial charge is 0.350 e. The Morgan fingerprint density at radius 1 is 1.20 bits per heavy atom. The normalized spacial score (nSPS) is 19.3. The molecule has 0 bridgehead atoms. The highest BCUT2D eigenvalue weighted by Gasteiger charge is 2.32. The summed E-state index contributed by atoms with van der Waals surface area (Å²) in [6, 6.07) is 10.2. The quantitative estimate of drug-likeness (QED) is 0.866. The van der Waals surface area contributed by atoms with Gasteiger partial charge in [-0.2, -0.15) is 0 Å². The van der Waals surface area contributed by atoms with Gasteiger partial charge in [-0.25, -0.2) is 0 Å². The van der Waals surface area contributed by atoms with Crippen molar-refractivity contribution in [2.75, 3.05) is 7.05 Å². The first-order valence-corrected chi connectivity index (χ1v) is 7.68. The first kappa shape index (κ1) is 15.0. The highest BCUT2D eigenvalue weighted by atomic mass is 16.1. The average Bonchev–Trinajstić information content (AvgIpc) is 2.49. The molecule has 0 unspecified atom stereocenters. The molecule has 0 heterocycles. The van der Waals surface area contributed by atoms with E-state index in [4.69, 9.17) is 0 Å². The highest BCUT2D eigenvalue weighted by Crippen LogP contribution is 2.30. The van der Waals surface area contributed by atoms with Gasteiger partial charge < -0.3 is 10.6 Å². The lowest BCUT2D eigenvalue weighted by molar-refractivity contribution is -0.123. The molecule has 0 saturated heterocycles. The monoisotopic (exact) mass is 274 g/mol. The Morgan fingerprint density at radius 2 is 1.85 bits per heavy atom. The van der Waals surface area contributed by atoms with E-state index in [2.05, 4.69) is 22.8 Å². The first-order valence-electron chi connectivity index (χ1n) is 7.68. The van der Waals surface area contributed by atoms with E-state index >= 15 is 0 Å². The Bertz CT molecular complexity index is 424. The first-order chi connectivity index (χ1) is 9.65. The molecule has 2 rings (SSSR count). The lowest BCUT2D eigenvalue weighted by Crippen LogP contribution is -2.48. The Balaban J connectivity index is 1.91. The third-order valence-electron chi connectivity index (χ3n) is 4.52. The zero-order chi connectivity index (χ0) is 14.4. The van der Waals surface area contributed by atoms with Crippen LogP contribution in [0.4, 0.5) is 0 Å². The molecule has 0 aliphatic heterocycles. The van der Waals surface area contributed by atoms with Crippen LogP contribution in [-0.4, -0.2) is 18.5 Å². The average molecular weight is 274 g/mol. The summed E-state index contributed by atoms with van der Waals surface area (Å²) >= 11 is 0. The molecular weight excluding hydrogens is 248 g/mol. The topological polar surface area (TPSA) is 41.1 Å². The van der Waals surface area contributed by atoms with Gasteiger partial charge in [-0.05, 0) is 32.4 Å². The Labute approximate surface area is 122 Å². The lowest BCUT2D eigenvalue weighted by Gasteiger charge is -2.37. The third-order valence-corrected chi connectivity index (χ3v) is 4.52. The van der Waals surface area contributed by atoms with Gasteiger partial charge in [0.25, 0.3) is 0 Å². The fraction of sp³-hybridized carbons (Fsp3) is 0.588. The van der Waals surface area contributed by atoms with Crippen LogP contribution in [0.5, 0.6) is 0 Å². The predicted octanol–water partition coefficient (Wildman–Crippen LogP) is 3.18. The van der Waals surface area contributed by atoms with Crippen LogP contribution in [0.3, 0.4) is 0 Å². The molecule has 1 aromatic rings. The standard InChI is InChI=1S/C17H26N2O/c1-14(15-9-5-3-6-10-15)19-16(20)13-17(18-2)11-7-4-8-12-17/h3,5-6,9-10,14,18H,4,7-8,11-13H2,1-2H3,(H,19,20)/t14-/m1/s1. The maximum absolute atomic E-state index is 12.3. The van der Waals surface area contributed by atoms with E-state index in [1.54, 1.807) is 0 Å². The van der Waals surface area contributed by atoms with E-state index < -0.39 is 0 Å². The van der Waals surface area contributed by atoms with Crippen LogP contribution in [0.2, 0.25) is 0 Å². The third kappa shape index (κ3) is 3.83. The minimum absolute atomic E-state index is 0.0126. The Hall–Kier alpha value is -1.35. The van der Waals surface area contributed by atoms with Gasteiger partial charge in [0.15, 0.2) is 0 Å². The summed E-state index contributed by atoms with van der Waals surface area (Å²) in [5.74, 6) is 0.151. The van der Waals surface area contributed by atoms with Crippen molar-refractivity contribution < 1.29 is 4.79 Å². The summed E-state index contributed by atoms with van der Waals surface area (Å²) in [6.45, 7) is 2.04. The van der Waals surface area contributed by atoms with Crippen LogP contribution in [0.15, 0.2) is 30.3 Å². The van der Waals surface area contributed by atoms with Gasteiger partial charge in [0.1, 0.15) is 0 Å². The van der Waals surface area contributed by atoms with Gasteiger partial charge in [-0.3, -0.25) is 4.79 Å². The van der Waals surface area contributed by atoms with Gasteiger partial charge in [0.2, 0.25) is 5.91 Å². The molecule has 3 heteroatoms. The summed E-state index contributed by atoms with van der Waals surface area (Å²) in [4.78, 5) is 12.3. The smallest absolute Gasteiger partial charge is 0.222 e. The van der Waals surface area contributed by atoms with Gasteiger partial charge in [0, 0.05) is 12.0 Å². The summed E-state index contributed by atoms with van der Waals surface area (Å²) in [6.07, 6.45) is 6.55. The number of hydrogen-bond donors (Lipinski definition) is 2. The van der Waals surface area contributed by atoms with E-state index in [1.807, 2.05) is 32.2 Å². The highest BCUT2D eigenvalue weighted by molar-refractivity contribution is 5.77. The molecule has 0 spiro atoms. The molecule has 1 aliphatic rings. The minimum Gasteiger partial charge on any atom is -0.350 e. The van der Waals surface area contributed by atoms with E-state index in [1.165, 1.54) is 19.3 Å². The summed E-state index contributed by atoms with van der Waals surface area (Å²) in [7, 11) is 1.99. The molecular formula is C17H26N2O. The van der Waals surface area contributed by atoms with Crippen molar-refractivity contribution in [2.45, 2.75) is 57.0 Å². The number of carbonyl (C=O) groups excluding carboxylic acids is 1. The van der Waals surface area contributed by atoms with E-state index in [9.17, 15) is 4.79 Å². The molecule has 1 saturated carbocycles. The fourth-order valence-electron chi connectivity index (χ4n) is 3.17. The summed E-state index contributed by atoms with van der Waals surface area (Å²) < 4.78 is 0. The van der Waals surface area contributed by atoms with E-state index in [-0.39, 0.29) is 17.5 Å². The molecule has 0 aromatic heterocycles. The van der Waals surface area contributed by atoms with Crippen LogP contribution >= 0.6 is 0 Å². The second-order valence-electron chi connectivity index (χ2n) is 5.97. The van der Waals surface area contributed by atoms with Gasteiger partial charge in [0.05, 0.1) is 6.04 Å². The van der Waals surface area contributed by atoms with Gasteiger partial charge >= 0.3 is 0 Å². The van der Waals surface area contributed by atoms with Crippen LogP contribution < -0.4 is 10.6 Å². The maximum Gasteiger partial charge on any atom is 0.222 e. The molecule has 3 nitrogen and oxygen atoms in total. The molecule has 1 fully saturated rings.